The van der Waals surface area contributed by atoms with Crippen molar-refractivity contribution < 1.29 is 18.7 Å². The number of nitrogens with zero attached hydrogens (tertiary/aromatic N) is 4. The minimum absolute atomic E-state index is 0.0848. The summed E-state index contributed by atoms with van der Waals surface area (Å²) in [5.41, 5.74) is 2.24. The van der Waals surface area contributed by atoms with Crippen LogP contribution in [0.5, 0.6) is 0 Å². The molecule has 2 heterocycles. The Morgan fingerprint density at radius 1 is 1.27 bits per heavy atom. The molecule has 0 bridgehead atoms. The molecule has 2 aromatic heterocycles. The lowest BCUT2D eigenvalue weighted by Gasteiger charge is -2.24. The van der Waals surface area contributed by atoms with Crippen molar-refractivity contribution in [1.82, 2.24) is 25.1 Å². The highest BCUT2D eigenvalue weighted by Crippen LogP contribution is 2.26. The molecular formula is C20H22F2N6O2. The number of amides is 1. The van der Waals surface area contributed by atoms with Crippen LogP contribution in [0.3, 0.4) is 0 Å². The minimum atomic E-state index is -2.67. The zero-order valence-electron chi connectivity index (χ0n) is 16.7. The molecule has 0 radical (unpaired) electrons. The van der Waals surface area contributed by atoms with Crippen molar-refractivity contribution in [1.29, 1.82) is 0 Å². The van der Waals surface area contributed by atoms with E-state index in [0.29, 0.717) is 12.2 Å². The molecule has 0 saturated heterocycles. The molecule has 30 heavy (non-hydrogen) atoms. The van der Waals surface area contributed by atoms with Gasteiger partial charge in [0.25, 0.3) is 6.43 Å². The van der Waals surface area contributed by atoms with Crippen LogP contribution < -0.4 is 10.6 Å². The maximum atomic E-state index is 12.9. The van der Waals surface area contributed by atoms with Crippen LogP contribution in [0, 0.1) is 6.92 Å². The quantitative estimate of drug-likeness (QED) is 0.528. The number of carboxylic acid groups (broad SMARTS) is 1. The number of hydrogen-bond acceptors (Lipinski definition) is 5. The number of benzene rings is 1. The maximum Gasteiger partial charge on any atom is 0.405 e. The van der Waals surface area contributed by atoms with Gasteiger partial charge in [0.1, 0.15) is 5.69 Å². The van der Waals surface area contributed by atoms with E-state index in [9.17, 15) is 13.6 Å². The number of anilines is 2. The number of nitrogens with one attached hydrogen (secondary N) is 2. The Bertz CT molecular complexity index is 1050. The Labute approximate surface area is 172 Å². The first-order valence-corrected chi connectivity index (χ1v) is 9.15. The van der Waals surface area contributed by atoms with Crippen LogP contribution in [0.4, 0.5) is 25.2 Å². The van der Waals surface area contributed by atoms with Gasteiger partial charge >= 0.3 is 6.09 Å². The molecule has 1 aromatic carbocycles. The topological polar surface area (TPSA) is 105 Å². The van der Waals surface area contributed by atoms with E-state index >= 15 is 0 Å². The second-order valence-corrected chi connectivity index (χ2v) is 7.56. The Morgan fingerprint density at radius 3 is 2.73 bits per heavy atom. The van der Waals surface area contributed by atoms with Crippen molar-refractivity contribution in [3.63, 3.8) is 0 Å². The van der Waals surface area contributed by atoms with Gasteiger partial charge in [0.05, 0.1) is 18.3 Å². The molecule has 0 unspecified atom stereocenters. The van der Waals surface area contributed by atoms with Crippen LogP contribution in [-0.4, -0.2) is 36.5 Å². The van der Waals surface area contributed by atoms with Crippen LogP contribution in [0.15, 0.2) is 42.9 Å². The second-order valence-electron chi connectivity index (χ2n) is 7.56. The van der Waals surface area contributed by atoms with Crippen molar-refractivity contribution in [3.05, 3.63) is 54.1 Å². The lowest BCUT2D eigenvalue weighted by Crippen LogP contribution is -2.46. The van der Waals surface area contributed by atoms with Gasteiger partial charge in [0, 0.05) is 23.6 Å². The first-order chi connectivity index (χ1) is 14.1. The van der Waals surface area contributed by atoms with Crippen molar-refractivity contribution in [2.45, 2.75) is 39.3 Å². The summed E-state index contributed by atoms with van der Waals surface area (Å²) in [4.78, 5) is 18.7. The summed E-state index contributed by atoms with van der Waals surface area (Å²) >= 11 is 0. The third kappa shape index (κ3) is 5.49. The lowest BCUT2D eigenvalue weighted by molar-refractivity contribution is 0.146. The largest absolute Gasteiger partial charge is 0.465 e. The van der Waals surface area contributed by atoms with Crippen molar-refractivity contribution in [2.75, 3.05) is 5.32 Å². The molecule has 158 valence electrons. The molecule has 3 aromatic rings. The van der Waals surface area contributed by atoms with Gasteiger partial charge in [-0.15, -0.1) is 0 Å². The number of aromatic nitrogens is 4. The van der Waals surface area contributed by atoms with E-state index in [2.05, 4.69) is 25.7 Å². The highest BCUT2D eigenvalue weighted by atomic mass is 19.3. The summed E-state index contributed by atoms with van der Waals surface area (Å²) in [6, 6.07) is 6.83. The van der Waals surface area contributed by atoms with Crippen molar-refractivity contribution in [2.24, 2.45) is 0 Å². The first-order valence-electron chi connectivity index (χ1n) is 9.15. The average Bonchev–Trinajstić information content (AvgIpc) is 3.08. The third-order valence-electron chi connectivity index (χ3n) is 4.20. The Hall–Kier alpha value is -3.56. The molecule has 0 aliphatic carbocycles. The van der Waals surface area contributed by atoms with Crippen LogP contribution in [-0.2, 0) is 6.54 Å². The fourth-order valence-electron chi connectivity index (χ4n) is 3.04. The number of aryl methyl sites for hydroxylation is 1. The Morgan fingerprint density at radius 2 is 2.03 bits per heavy atom. The van der Waals surface area contributed by atoms with Crippen molar-refractivity contribution in [3.8, 4) is 11.1 Å². The summed E-state index contributed by atoms with van der Waals surface area (Å²) < 4.78 is 27.4. The number of halogens is 2. The summed E-state index contributed by atoms with van der Waals surface area (Å²) in [5.74, 6) is 0.0848. The third-order valence-corrected chi connectivity index (χ3v) is 4.20. The van der Waals surface area contributed by atoms with Gasteiger partial charge in [0.15, 0.2) is 0 Å². The molecule has 0 saturated carbocycles. The number of alkyl halides is 2. The Balaban J connectivity index is 1.81. The second kappa shape index (κ2) is 8.44. The van der Waals surface area contributed by atoms with E-state index in [1.165, 1.54) is 12.3 Å². The first kappa shape index (κ1) is 21.2. The standard InChI is InChI=1S/C20H22F2N6O2/c1-12-6-13(14-9-24-28(10-14)11-20(2,3)27-19(29)30)8-15(7-12)25-18-23-5-4-16(26-18)17(21)22/h4-10,17,27H,11H2,1-3H3,(H,29,30)(H,23,25,26). The van der Waals surface area contributed by atoms with Crippen LogP contribution in [0.25, 0.3) is 11.1 Å². The van der Waals surface area contributed by atoms with Gasteiger partial charge in [-0.1, -0.05) is 6.07 Å². The summed E-state index contributed by atoms with van der Waals surface area (Å²) in [6.45, 7) is 5.80. The average molecular weight is 416 g/mol. The molecule has 3 rings (SSSR count). The molecule has 0 aliphatic heterocycles. The fraction of sp³-hybridized carbons (Fsp3) is 0.300. The minimum Gasteiger partial charge on any atom is -0.465 e. The summed E-state index contributed by atoms with van der Waals surface area (Å²) in [7, 11) is 0. The monoisotopic (exact) mass is 416 g/mol. The molecule has 0 spiro atoms. The van der Waals surface area contributed by atoms with Crippen molar-refractivity contribution >= 4 is 17.7 Å². The van der Waals surface area contributed by atoms with Crippen LogP contribution in [0.1, 0.15) is 31.5 Å². The highest BCUT2D eigenvalue weighted by molar-refractivity contribution is 5.70. The van der Waals surface area contributed by atoms with Gasteiger partial charge in [0.2, 0.25) is 5.95 Å². The molecule has 0 fully saturated rings. The fourth-order valence-corrected chi connectivity index (χ4v) is 3.04. The number of rotatable bonds is 7. The summed E-state index contributed by atoms with van der Waals surface area (Å²) in [5, 5.41) is 18.7. The molecule has 3 N–H and O–H groups in total. The molecule has 0 atom stereocenters. The number of carbonyl (C=O) groups is 1. The van der Waals surface area contributed by atoms with Gasteiger partial charge in [-0.05, 0) is 50.1 Å². The van der Waals surface area contributed by atoms with Gasteiger partial charge in [-0.3, -0.25) is 4.68 Å². The SMILES string of the molecule is Cc1cc(Nc2nccc(C(F)F)n2)cc(-c2cnn(CC(C)(C)NC(=O)O)c2)c1. The molecule has 8 nitrogen and oxygen atoms in total. The van der Waals surface area contributed by atoms with E-state index in [4.69, 9.17) is 5.11 Å². The zero-order chi connectivity index (χ0) is 21.9. The van der Waals surface area contributed by atoms with E-state index in [-0.39, 0.29) is 11.6 Å². The molecule has 10 heteroatoms. The van der Waals surface area contributed by atoms with E-state index in [1.807, 2.05) is 31.3 Å². The Kier molecular flexibility index (Phi) is 5.95. The normalized spacial score (nSPS) is 11.5. The van der Waals surface area contributed by atoms with Gasteiger partial charge in [-0.2, -0.15) is 5.10 Å². The zero-order valence-corrected chi connectivity index (χ0v) is 16.7. The van der Waals surface area contributed by atoms with Gasteiger partial charge < -0.3 is 15.7 Å². The van der Waals surface area contributed by atoms with Gasteiger partial charge in [-0.25, -0.2) is 23.5 Å². The molecule has 0 aliphatic rings. The molecular weight excluding hydrogens is 394 g/mol. The van der Waals surface area contributed by atoms with E-state index in [0.717, 1.165) is 16.7 Å². The highest BCUT2D eigenvalue weighted by Gasteiger charge is 2.21. The smallest absolute Gasteiger partial charge is 0.405 e. The predicted molar refractivity (Wildman–Crippen MR) is 108 cm³/mol. The van der Waals surface area contributed by atoms with Crippen LogP contribution >= 0.6 is 0 Å². The van der Waals surface area contributed by atoms with E-state index < -0.39 is 18.1 Å². The van der Waals surface area contributed by atoms with E-state index in [1.54, 1.807) is 24.7 Å². The summed E-state index contributed by atoms with van der Waals surface area (Å²) in [6.07, 6.45) is 1.01. The predicted octanol–water partition coefficient (Wildman–Crippen LogP) is 4.38. The molecule has 1 amide bonds. The lowest BCUT2D eigenvalue weighted by atomic mass is 10.1. The maximum absolute atomic E-state index is 12.9. The van der Waals surface area contributed by atoms with Crippen LogP contribution in [0.2, 0.25) is 0 Å². The number of hydrogen-bond donors (Lipinski definition) is 3.